The lowest BCUT2D eigenvalue weighted by Crippen LogP contribution is -2.36. The van der Waals surface area contributed by atoms with Gasteiger partial charge in [0, 0.05) is 13.0 Å². The molecule has 6 heteroatoms. The number of amides is 1. The predicted octanol–water partition coefficient (Wildman–Crippen LogP) is 1.92. The quantitative estimate of drug-likeness (QED) is 0.702. The fourth-order valence-electron chi connectivity index (χ4n) is 2.52. The monoisotopic (exact) mass is 327 g/mol. The number of rotatable bonds is 7. The zero-order valence-electron chi connectivity index (χ0n) is 13.0. The third-order valence-corrected chi connectivity index (χ3v) is 3.75. The van der Waals surface area contributed by atoms with E-state index in [2.05, 4.69) is 36.6 Å². The van der Waals surface area contributed by atoms with Crippen LogP contribution >= 0.6 is 24.8 Å². The van der Waals surface area contributed by atoms with E-state index in [0.29, 0.717) is 18.3 Å². The Hall–Kier alpha value is -0.0300. The first-order chi connectivity index (χ1) is 8.59. The van der Waals surface area contributed by atoms with Gasteiger partial charge in [0.1, 0.15) is 0 Å². The summed E-state index contributed by atoms with van der Waals surface area (Å²) in [5.41, 5.74) is 0. The molecule has 1 saturated heterocycles. The molecule has 0 aromatic carbocycles. The largest absolute Gasteiger partial charge is 0.356 e. The third kappa shape index (κ3) is 9.81. The van der Waals surface area contributed by atoms with Gasteiger partial charge in [0.15, 0.2) is 0 Å². The van der Waals surface area contributed by atoms with Crippen molar-refractivity contribution in [3.05, 3.63) is 0 Å². The molecule has 2 unspecified atom stereocenters. The fraction of sp³-hybridized carbons (Fsp3) is 0.929. The zero-order chi connectivity index (χ0) is 13.4. The van der Waals surface area contributed by atoms with Crippen molar-refractivity contribution >= 4 is 30.7 Å². The van der Waals surface area contributed by atoms with E-state index in [4.69, 9.17) is 0 Å². The van der Waals surface area contributed by atoms with Crippen LogP contribution in [0.25, 0.3) is 0 Å². The smallest absolute Gasteiger partial charge is 0.220 e. The number of carbonyl (C=O) groups excluding carboxylic acids is 1. The lowest BCUT2D eigenvalue weighted by Gasteiger charge is -2.28. The molecular formula is C14H31Cl2N3O. The van der Waals surface area contributed by atoms with Crippen molar-refractivity contribution in [3.8, 4) is 0 Å². The number of nitrogens with one attached hydrogen (secondary N) is 2. The minimum atomic E-state index is 0. The maximum absolute atomic E-state index is 11.8. The first-order valence-corrected chi connectivity index (χ1v) is 7.21. The molecule has 0 saturated carbocycles. The van der Waals surface area contributed by atoms with Crippen LogP contribution in [0, 0.1) is 11.8 Å². The van der Waals surface area contributed by atoms with Crippen LogP contribution in [0.4, 0.5) is 0 Å². The van der Waals surface area contributed by atoms with Crippen LogP contribution in [-0.2, 0) is 4.79 Å². The Morgan fingerprint density at radius 2 is 2.10 bits per heavy atom. The molecule has 1 heterocycles. The summed E-state index contributed by atoms with van der Waals surface area (Å²) < 4.78 is 0. The third-order valence-electron chi connectivity index (χ3n) is 3.75. The van der Waals surface area contributed by atoms with Crippen LogP contribution in [0.2, 0.25) is 0 Å². The van der Waals surface area contributed by atoms with Gasteiger partial charge in [-0.1, -0.05) is 6.92 Å². The van der Waals surface area contributed by atoms with Crippen molar-refractivity contribution in [1.82, 2.24) is 15.5 Å². The van der Waals surface area contributed by atoms with E-state index in [1.54, 1.807) is 0 Å². The molecule has 0 spiro atoms. The Labute approximate surface area is 136 Å². The van der Waals surface area contributed by atoms with Crippen LogP contribution in [-0.4, -0.2) is 51.1 Å². The molecule has 122 valence electrons. The molecule has 1 fully saturated rings. The van der Waals surface area contributed by atoms with Gasteiger partial charge in [-0.3, -0.25) is 4.79 Å². The first kappa shape index (κ1) is 22.3. The molecule has 2 N–H and O–H groups in total. The molecular weight excluding hydrogens is 297 g/mol. The summed E-state index contributed by atoms with van der Waals surface area (Å²) >= 11 is 0. The van der Waals surface area contributed by atoms with Crippen molar-refractivity contribution in [3.63, 3.8) is 0 Å². The number of hydrogen-bond donors (Lipinski definition) is 2. The molecule has 0 bridgehead atoms. The second kappa shape index (κ2) is 12.7. The predicted molar refractivity (Wildman–Crippen MR) is 90.1 cm³/mol. The van der Waals surface area contributed by atoms with Gasteiger partial charge in [-0.25, -0.2) is 0 Å². The number of piperidine rings is 1. The van der Waals surface area contributed by atoms with Gasteiger partial charge in [0.2, 0.25) is 5.91 Å². The highest BCUT2D eigenvalue weighted by molar-refractivity contribution is 5.85. The SMILES string of the molecule is CC(CC(=O)NCCCN(C)C)C1CCCNC1.Cl.Cl. The highest BCUT2D eigenvalue weighted by Crippen LogP contribution is 2.22. The Bertz CT molecular complexity index is 247. The summed E-state index contributed by atoms with van der Waals surface area (Å²) in [6, 6.07) is 0. The average Bonchev–Trinajstić information content (AvgIpc) is 2.35. The minimum Gasteiger partial charge on any atom is -0.356 e. The van der Waals surface area contributed by atoms with Crippen LogP contribution < -0.4 is 10.6 Å². The van der Waals surface area contributed by atoms with Crippen molar-refractivity contribution in [2.24, 2.45) is 11.8 Å². The molecule has 0 aromatic rings. The molecule has 0 aromatic heterocycles. The second-order valence-electron chi connectivity index (χ2n) is 5.79. The van der Waals surface area contributed by atoms with E-state index >= 15 is 0 Å². The van der Waals surface area contributed by atoms with E-state index in [1.165, 1.54) is 12.8 Å². The maximum atomic E-state index is 11.8. The van der Waals surface area contributed by atoms with E-state index in [0.717, 1.165) is 32.6 Å². The second-order valence-corrected chi connectivity index (χ2v) is 5.79. The van der Waals surface area contributed by atoms with E-state index in [1.807, 2.05) is 0 Å². The number of carbonyl (C=O) groups is 1. The number of halogens is 2. The fourth-order valence-corrected chi connectivity index (χ4v) is 2.52. The highest BCUT2D eigenvalue weighted by atomic mass is 35.5. The Morgan fingerprint density at radius 3 is 2.65 bits per heavy atom. The molecule has 1 amide bonds. The van der Waals surface area contributed by atoms with Crippen LogP contribution in [0.5, 0.6) is 0 Å². The molecule has 4 nitrogen and oxygen atoms in total. The van der Waals surface area contributed by atoms with Crippen molar-refractivity contribution in [2.75, 3.05) is 40.3 Å². The van der Waals surface area contributed by atoms with Gasteiger partial charge < -0.3 is 15.5 Å². The van der Waals surface area contributed by atoms with Gasteiger partial charge in [-0.2, -0.15) is 0 Å². The lowest BCUT2D eigenvalue weighted by molar-refractivity contribution is -0.122. The molecule has 1 aliphatic heterocycles. The van der Waals surface area contributed by atoms with Crippen molar-refractivity contribution in [2.45, 2.75) is 32.6 Å². The van der Waals surface area contributed by atoms with Crippen molar-refractivity contribution in [1.29, 1.82) is 0 Å². The molecule has 20 heavy (non-hydrogen) atoms. The average molecular weight is 328 g/mol. The van der Waals surface area contributed by atoms with E-state index < -0.39 is 0 Å². The van der Waals surface area contributed by atoms with E-state index in [-0.39, 0.29) is 30.7 Å². The van der Waals surface area contributed by atoms with Crippen LogP contribution in [0.1, 0.15) is 32.6 Å². The number of hydrogen-bond acceptors (Lipinski definition) is 3. The Morgan fingerprint density at radius 1 is 1.40 bits per heavy atom. The Kier molecular flexibility index (Phi) is 14.1. The van der Waals surface area contributed by atoms with Crippen LogP contribution in [0.3, 0.4) is 0 Å². The molecule has 0 aliphatic carbocycles. The summed E-state index contributed by atoms with van der Waals surface area (Å²) in [7, 11) is 4.11. The summed E-state index contributed by atoms with van der Waals surface area (Å²) in [4.78, 5) is 13.9. The van der Waals surface area contributed by atoms with Crippen LogP contribution in [0.15, 0.2) is 0 Å². The minimum absolute atomic E-state index is 0. The molecule has 1 rings (SSSR count). The maximum Gasteiger partial charge on any atom is 0.220 e. The molecule has 1 aliphatic rings. The summed E-state index contributed by atoms with van der Waals surface area (Å²) in [5.74, 6) is 1.38. The standard InChI is InChI=1S/C14H29N3O.2ClH/c1-12(13-6-4-7-15-11-13)10-14(18)16-8-5-9-17(2)3;;/h12-13,15H,4-11H2,1-3H3,(H,16,18);2*1H. The Balaban J connectivity index is 0. The van der Waals surface area contributed by atoms with Gasteiger partial charge in [-0.05, 0) is 64.8 Å². The topological polar surface area (TPSA) is 44.4 Å². The molecule has 0 radical (unpaired) electrons. The van der Waals surface area contributed by atoms with E-state index in [9.17, 15) is 4.79 Å². The number of nitrogens with zero attached hydrogens (tertiary/aromatic N) is 1. The van der Waals surface area contributed by atoms with Gasteiger partial charge in [-0.15, -0.1) is 24.8 Å². The van der Waals surface area contributed by atoms with Gasteiger partial charge >= 0.3 is 0 Å². The first-order valence-electron chi connectivity index (χ1n) is 7.21. The normalized spacial score (nSPS) is 19.7. The summed E-state index contributed by atoms with van der Waals surface area (Å²) in [5, 5.41) is 6.44. The summed E-state index contributed by atoms with van der Waals surface area (Å²) in [6.45, 7) is 6.25. The van der Waals surface area contributed by atoms with Crippen molar-refractivity contribution < 1.29 is 4.79 Å². The van der Waals surface area contributed by atoms with Gasteiger partial charge in [0.25, 0.3) is 0 Å². The van der Waals surface area contributed by atoms with Gasteiger partial charge in [0.05, 0.1) is 0 Å². The lowest BCUT2D eigenvalue weighted by atomic mass is 9.85. The molecule has 2 atom stereocenters. The summed E-state index contributed by atoms with van der Waals surface area (Å²) in [6.07, 6.45) is 4.22. The zero-order valence-corrected chi connectivity index (χ0v) is 14.6. The highest BCUT2D eigenvalue weighted by Gasteiger charge is 2.21.